The van der Waals surface area contributed by atoms with Gasteiger partial charge in [-0.15, -0.1) is 0 Å². The molecule has 274 valence electrons. The summed E-state index contributed by atoms with van der Waals surface area (Å²) in [5, 5.41) is 0. The largest absolute Gasteiger partial charge is 0.0622 e. The van der Waals surface area contributed by atoms with Gasteiger partial charge in [0.05, 0.1) is 0 Å². The molecule has 54 heavy (non-hydrogen) atoms. The molecule has 7 rings (SSSR count). The van der Waals surface area contributed by atoms with Gasteiger partial charge < -0.3 is 0 Å². The maximum atomic E-state index is 2.44. The minimum Gasteiger partial charge on any atom is -0.0622 e. The summed E-state index contributed by atoms with van der Waals surface area (Å²) >= 11 is 0. The molecule has 0 heterocycles. The summed E-state index contributed by atoms with van der Waals surface area (Å²) in [5.41, 5.74) is 18.9. The van der Waals surface area contributed by atoms with Crippen molar-refractivity contribution in [3.8, 4) is 0 Å². The van der Waals surface area contributed by atoms with Crippen molar-refractivity contribution >= 4 is 47.6 Å². The van der Waals surface area contributed by atoms with E-state index in [9.17, 15) is 0 Å². The Morgan fingerprint density at radius 1 is 0.370 bits per heavy atom. The molecule has 2 saturated carbocycles. The fourth-order valence-electron chi connectivity index (χ4n) is 8.96. The summed E-state index contributed by atoms with van der Waals surface area (Å²) in [6.07, 6.45) is 27.4. The fraction of sp³-hybridized carbons (Fsp3) is 0.296. The molecule has 0 spiro atoms. The molecule has 5 aromatic rings. The molecule has 0 radical (unpaired) electrons. The van der Waals surface area contributed by atoms with E-state index < -0.39 is 0 Å². The zero-order valence-corrected chi connectivity index (χ0v) is 33.1. The van der Waals surface area contributed by atoms with Crippen molar-refractivity contribution in [2.75, 3.05) is 0 Å². The van der Waals surface area contributed by atoms with Crippen LogP contribution in [-0.4, -0.2) is 0 Å². The quantitative estimate of drug-likeness (QED) is 0.127. The first-order valence-corrected chi connectivity index (χ1v) is 20.7. The van der Waals surface area contributed by atoms with Gasteiger partial charge in [-0.3, -0.25) is 0 Å². The average Bonchev–Trinajstić information content (AvgIpc) is 3.23. The van der Waals surface area contributed by atoms with E-state index in [1.54, 1.807) is 0 Å². The predicted octanol–water partition coefficient (Wildman–Crippen LogP) is 15.5. The second-order valence-electron chi connectivity index (χ2n) is 15.9. The summed E-state index contributed by atoms with van der Waals surface area (Å²) < 4.78 is 0. The van der Waals surface area contributed by atoms with E-state index in [2.05, 4.69) is 173 Å². The zero-order chi connectivity index (χ0) is 37.3. The lowest BCUT2D eigenvalue weighted by atomic mass is 9.80. The third-order valence-electron chi connectivity index (χ3n) is 12.4. The molecule has 0 heteroatoms. The van der Waals surface area contributed by atoms with Crippen LogP contribution in [0, 0.1) is 39.5 Å². The van der Waals surface area contributed by atoms with E-state index in [0.29, 0.717) is 11.8 Å². The highest BCUT2D eigenvalue weighted by molar-refractivity contribution is 5.85. The third-order valence-corrected chi connectivity index (χ3v) is 12.4. The first kappa shape index (κ1) is 37.4. The molecule has 5 aromatic carbocycles. The predicted molar refractivity (Wildman–Crippen MR) is 238 cm³/mol. The van der Waals surface area contributed by atoms with Crippen molar-refractivity contribution in [2.45, 2.75) is 91.9 Å². The van der Waals surface area contributed by atoms with Crippen molar-refractivity contribution in [2.24, 2.45) is 11.8 Å². The zero-order valence-electron chi connectivity index (χ0n) is 33.1. The average molecular weight is 707 g/mol. The molecule has 0 N–H and O–H groups in total. The molecular formula is C54H58. The van der Waals surface area contributed by atoms with Crippen molar-refractivity contribution in [3.63, 3.8) is 0 Å². The van der Waals surface area contributed by atoms with E-state index in [4.69, 9.17) is 0 Å². The molecule has 2 aliphatic rings. The molecule has 0 saturated heterocycles. The van der Waals surface area contributed by atoms with E-state index in [1.165, 1.54) is 142 Å². The molecule has 2 fully saturated rings. The lowest BCUT2D eigenvalue weighted by Crippen LogP contribution is -2.08. The van der Waals surface area contributed by atoms with Gasteiger partial charge in [-0.25, -0.2) is 0 Å². The number of hydrogen-bond donors (Lipinski definition) is 0. The molecule has 0 atom stereocenters. The van der Waals surface area contributed by atoms with Gasteiger partial charge >= 0.3 is 0 Å². The lowest BCUT2D eigenvalue weighted by Gasteiger charge is -2.25. The molecule has 0 bridgehead atoms. The SMILES string of the molecule is Cc1c(C)c(/C=C/c2ccc(/C=C(\c3ccccc3)C3CCCCC3)cc2)c(C)c(C)c1/C=C/c1ccc(/C=C(\c2ccccc2)C2CCCCC2)cc1. The second-order valence-corrected chi connectivity index (χ2v) is 15.9. The fourth-order valence-corrected chi connectivity index (χ4v) is 8.96. The van der Waals surface area contributed by atoms with E-state index >= 15 is 0 Å². The van der Waals surface area contributed by atoms with Crippen molar-refractivity contribution in [1.29, 1.82) is 0 Å². The van der Waals surface area contributed by atoms with Crippen LogP contribution in [0.15, 0.2) is 109 Å². The first-order valence-electron chi connectivity index (χ1n) is 20.7. The van der Waals surface area contributed by atoms with E-state index in [1.807, 2.05) is 0 Å². The second kappa shape index (κ2) is 17.9. The van der Waals surface area contributed by atoms with Gasteiger partial charge in [-0.1, -0.05) is 184 Å². The van der Waals surface area contributed by atoms with Gasteiger partial charge in [0, 0.05) is 0 Å². The first-order chi connectivity index (χ1) is 26.4. The third kappa shape index (κ3) is 9.05. The Morgan fingerprint density at radius 2 is 0.685 bits per heavy atom. The van der Waals surface area contributed by atoms with Crippen LogP contribution in [-0.2, 0) is 0 Å². The highest BCUT2D eigenvalue weighted by Crippen LogP contribution is 2.38. The molecule has 0 nitrogen and oxygen atoms in total. The minimum atomic E-state index is 0.656. The van der Waals surface area contributed by atoms with Gasteiger partial charge in [-0.2, -0.15) is 0 Å². The highest BCUT2D eigenvalue weighted by atomic mass is 14.3. The van der Waals surface area contributed by atoms with Crippen LogP contribution in [0.25, 0.3) is 47.6 Å². The molecule has 0 aromatic heterocycles. The van der Waals surface area contributed by atoms with Gasteiger partial charge in [0.15, 0.2) is 0 Å². The van der Waals surface area contributed by atoms with Crippen LogP contribution >= 0.6 is 0 Å². The summed E-state index contributed by atoms with van der Waals surface area (Å²) in [4.78, 5) is 0. The Balaban J connectivity index is 1.07. The van der Waals surface area contributed by atoms with Gasteiger partial charge in [0.2, 0.25) is 0 Å². The maximum absolute atomic E-state index is 2.44. The molecule has 0 aliphatic heterocycles. The van der Waals surface area contributed by atoms with Crippen LogP contribution in [0.1, 0.15) is 131 Å². The maximum Gasteiger partial charge on any atom is -0.0156 e. The molecule has 2 aliphatic carbocycles. The Hall–Kier alpha value is -4.94. The van der Waals surface area contributed by atoms with Crippen LogP contribution in [0.2, 0.25) is 0 Å². The minimum absolute atomic E-state index is 0.656. The Labute approximate surface area is 326 Å². The summed E-state index contributed by atoms with van der Waals surface area (Å²) in [5.74, 6) is 1.31. The van der Waals surface area contributed by atoms with Gasteiger partial charge in [0.1, 0.15) is 0 Å². The van der Waals surface area contributed by atoms with E-state index in [-0.39, 0.29) is 0 Å². The Morgan fingerprint density at radius 3 is 1.02 bits per heavy atom. The summed E-state index contributed by atoms with van der Waals surface area (Å²) in [7, 11) is 0. The van der Waals surface area contributed by atoms with Crippen LogP contribution in [0.5, 0.6) is 0 Å². The van der Waals surface area contributed by atoms with E-state index in [0.717, 1.165) is 0 Å². The van der Waals surface area contributed by atoms with Gasteiger partial charge in [0.25, 0.3) is 0 Å². The number of rotatable bonds is 10. The number of allylic oxidation sites excluding steroid dienone is 2. The number of hydrogen-bond acceptors (Lipinski definition) is 0. The molecule has 0 unspecified atom stereocenters. The normalized spacial score (nSPS) is 16.4. The standard InChI is InChI=1S/C54H58/c1-39-40(2)52(36-34-44-27-31-46(32-28-44)38-54(49-21-13-7-14-22-49)50-23-15-8-16-24-50)42(4)41(3)51(39)35-33-43-25-29-45(30-26-43)37-53(47-17-9-5-10-18-47)48-19-11-6-12-20-48/h5,7,9-10,13-14,17-18,21-22,25-38,48,50H,6,8,11-12,15-16,19-20,23-24H2,1-4H3/b35-33+,36-34+,53-37+,54-38+. The topological polar surface area (TPSA) is 0 Å². The lowest BCUT2D eigenvalue weighted by molar-refractivity contribution is 0.430. The van der Waals surface area contributed by atoms with Crippen LogP contribution < -0.4 is 0 Å². The van der Waals surface area contributed by atoms with Crippen LogP contribution in [0.4, 0.5) is 0 Å². The smallest absolute Gasteiger partial charge is 0.0156 e. The van der Waals surface area contributed by atoms with Crippen molar-refractivity contribution < 1.29 is 0 Å². The summed E-state index contributed by atoms with van der Waals surface area (Å²) in [6.45, 7) is 9.11. The van der Waals surface area contributed by atoms with Gasteiger partial charge in [-0.05, 0) is 143 Å². The molecule has 0 amide bonds. The monoisotopic (exact) mass is 706 g/mol. The Kier molecular flexibility index (Phi) is 12.4. The van der Waals surface area contributed by atoms with Crippen LogP contribution in [0.3, 0.4) is 0 Å². The molecular weight excluding hydrogens is 649 g/mol. The Bertz CT molecular complexity index is 1920. The van der Waals surface area contributed by atoms with Crippen molar-refractivity contribution in [1.82, 2.24) is 0 Å². The van der Waals surface area contributed by atoms with Crippen molar-refractivity contribution in [3.05, 3.63) is 176 Å². The summed E-state index contributed by atoms with van der Waals surface area (Å²) in [6, 6.07) is 40.3. The highest BCUT2D eigenvalue weighted by Gasteiger charge is 2.20. The number of benzene rings is 5.